The minimum Gasteiger partial charge on any atom is -0.376 e. The van der Waals surface area contributed by atoms with Crippen LogP contribution in [-0.2, 0) is 9.53 Å². The summed E-state index contributed by atoms with van der Waals surface area (Å²) >= 11 is 5.85. The van der Waals surface area contributed by atoms with Crippen molar-refractivity contribution in [2.45, 2.75) is 18.9 Å². The third-order valence-electron chi connectivity index (χ3n) is 2.93. The van der Waals surface area contributed by atoms with Gasteiger partial charge in [0.1, 0.15) is 5.82 Å². The van der Waals surface area contributed by atoms with Crippen LogP contribution in [-0.4, -0.2) is 25.2 Å². The van der Waals surface area contributed by atoms with E-state index in [9.17, 15) is 9.18 Å². The molecule has 1 aliphatic rings. The van der Waals surface area contributed by atoms with Crippen LogP contribution < -0.4 is 5.32 Å². The summed E-state index contributed by atoms with van der Waals surface area (Å²) in [5, 5.41) is 3.00. The van der Waals surface area contributed by atoms with E-state index in [1.807, 2.05) is 0 Å². The van der Waals surface area contributed by atoms with E-state index in [0.717, 1.165) is 19.4 Å². The van der Waals surface area contributed by atoms with Crippen molar-refractivity contribution < 1.29 is 13.9 Å². The summed E-state index contributed by atoms with van der Waals surface area (Å²) in [4.78, 5) is 11.6. The summed E-state index contributed by atoms with van der Waals surface area (Å²) in [6.07, 6.45) is 4.74. The Bertz CT molecular complexity index is 464. The molecule has 1 aromatic carbocycles. The number of halogens is 2. The van der Waals surface area contributed by atoms with Crippen molar-refractivity contribution in [1.29, 1.82) is 0 Å². The van der Waals surface area contributed by atoms with Gasteiger partial charge in [-0.05, 0) is 31.1 Å². The van der Waals surface area contributed by atoms with E-state index in [0.29, 0.717) is 6.54 Å². The Balaban J connectivity index is 1.88. The van der Waals surface area contributed by atoms with Crippen molar-refractivity contribution in [3.05, 3.63) is 40.7 Å². The van der Waals surface area contributed by atoms with E-state index in [1.165, 1.54) is 24.3 Å². The molecule has 3 nitrogen and oxygen atoms in total. The topological polar surface area (TPSA) is 38.3 Å². The fraction of sp³-hybridized carbons (Fsp3) is 0.357. The first-order valence-corrected chi connectivity index (χ1v) is 6.56. The summed E-state index contributed by atoms with van der Waals surface area (Å²) in [6.45, 7) is 1.23. The van der Waals surface area contributed by atoms with Gasteiger partial charge in [-0.15, -0.1) is 0 Å². The molecule has 5 heteroatoms. The smallest absolute Gasteiger partial charge is 0.244 e. The predicted octanol–water partition coefficient (Wildman–Crippen LogP) is 2.79. The van der Waals surface area contributed by atoms with Crippen molar-refractivity contribution in [3.63, 3.8) is 0 Å². The van der Waals surface area contributed by atoms with Gasteiger partial charge in [-0.3, -0.25) is 4.79 Å². The lowest BCUT2D eigenvalue weighted by Crippen LogP contribution is -2.30. The molecule has 0 aliphatic carbocycles. The number of hydrogen-bond donors (Lipinski definition) is 1. The molecule has 0 spiro atoms. The normalized spacial score (nSPS) is 18.9. The Morgan fingerprint density at radius 1 is 1.58 bits per heavy atom. The monoisotopic (exact) mass is 283 g/mol. The second-order valence-electron chi connectivity index (χ2n) is 4.35. The zero-order chi connectivity index (χ0) is 13.7. The molecule has 1 atom stereocenters. The van der Waals surface area contributed by atoms with Gasteiger partial charge in [-0.1, -0.05) is 17.7 Å². The molecule has 1 N–H and O–H groups in total. The van der Waals surface area contributed by atoms with Gasteiger partial charge in [0.2, 0.25) is 5.91 Å². The van der Waals surface area contributed by atoms with Crippen LogP contribution in [0, 0.1) is 5.82 Å². The highest BCUT2D eigenvalue weighted by Gasteiger charge is 2.15. The third-order valence-corrected chi connectivity index (χ3v) is 3.26. The lowest BCUT2D eigenvalue weighted by molar-refractivity contribution is -0.116. The quantitative estimate of drug-likeness (QED) is 0.863. The number of benzene rings is 1. The number of hydrogen-bond acceptors (Lipinski definition) is 2. The summed E-state index contributed by atoms with van der Waals surface area (Å²) in [6, 6.07) is 4.40. The molecule has 102 valence electrons. The molecule has 1 amide bonds. The standard InChI is InChI=1S/C14H15ClFNO2/c15-12-4-1-5-13(16)11(12)6-7-14(18)17-9-10-3-2-8-19-10/h1,4-7,10H,2-3,8-9H2,(H,17,18). The summed E-state index contributed by atoms with van der Waals surface area (Å²) in [5.41, 5.74) is 0.219. The summed E-state index contributed by atoms with van der Waals surface area (Å²) in [5.74, 6) is -0.731. The molecular formula is C14H15ClFNO2. The van der Waals surface area contributed by atoms with Crippen LogP contribution in [0.25, 0.3) is 6.08 Å². The van der Waals surface area contributed by atoms with Crippen LogP contribution in [0.2, 0.25) is 5.02 Å². The Morgan fingerprint density at radius 3 is 3.11 bits per heavy atom. The molecule has 19 heavy (non-hydrogen) atoms. The van der Waals surface area contributed by atoms with E-state index in [1.54, 1.807) is 6.07 Å². The van der Waals surface area contributed by atoms with Crippen LogP contribution >= 0.6 is 11.6 Å². The van der Waals surface area contributed by atoms with Crippen LogP contribution in [0.15, 0.2) is 24.3 Å². The molecule has 0 aromatic heterocycles. The van der Waals surface area contributed by atoms with Crippen molar-refractivity contribution in [2.24, 2.45) is 0 Å². The first kappa shape index (κ1) is 14.0. The molecule has 1 fully saturated rings. The average molecular weight is 284 g/mol. The number of ether oxygens (including phenoxy) is 1. The van der Waals surface area contributed by atoms with Crippen LogP contribution in [0.1, 0.15) is 18.4 Å². The fourth-order valence-electron chi connectivity index (χ4n) is 1.91. The molecule has 0 radical (unpaired) electrons. The van der Waals surface area contributed by atoms with Crippen LogP contribution in [0.5, 0.6) is 0 Å². The maximum absolute atomic E-state index is 13.4. The number of amides is 1. The third kappa shape index (κ3) is 4.04. The van der Waals surface area contributed by atoms with Gasteiger partial charge in [-0.25, -0.2) is 4.39 Å². The van der Waals surface area contributed by atoms with Crippen molar-refractivity contribution in [1.82, 2.24) is 5.32 Å². The van der Waals surface area contributed by atoms with E-state index in [2.05, 4.69) is 5.32 Å². The van der Waals surface area contributed by atoms with Gasteiger partial charge < -0.3 is 10.1 Å². The predicted molar refractivity (Wildman–Crippen MR) is 72.4 cm³/mol. The van der Waals surface area contributed by atoms with Gasteiger partial charge in [0.15, 0.2) is 0 Å². The maximum Gasteiger partial charge on any atom is 0.244 e. The van der Waals surface area contributed by atoms with Crippen LogP contribution in [0.3, 0.4) is 0 Å². The fourth-order valence-corrected chi connectivity index (χ4v) is 2.13. The largest absolute Gasteiger partial charge is 0.376 e. The molecular weight excluding hydrogens is 269 g/mol. The molecule has 1 aromatic rings. The molecule has 2 rings (SSSR count). The van der Waals surface area contributed by atoms with E-state index < -0.39 is 5.82 Å². The van der Waals surface area contributed by atoms with Crippen molar-refractivity contribution >= 4 is 23.6 Å². The first-order chi connectivity index (χ1) is 9.16. The van der Waals surface area contributed by atoms with E-state index in [4.69, 9.17) is 16.3 Å². The average Bonchev–Trinajstić information content (AvgIpc) is 2.89. The Hall–Kier alpha value is -1.39. The lowest BCUT2D eigenvalue weighted by Gasteiger charge is -2.08. The van der Waals surface area contributed by atoms with Crippen molar-refractivity contribution in [2.75, 3.05) is 13.2 Å². The van der Waals surface area contributed by atoms with Crippen LogP contribution in [0.4, 0.5) is 4.39 Å². The molecule has 1 saturated heterocycles. The Morgan fingerprint density at radius 2 is 2.42 bits per heavy atom. The van der Waals surface area contributed by atoms with E-state index in [-0.39, 0.29) is 22.6 Å². The highest BCUT2D eigenvalue weighted by molar-refractivity contribution is 6.32. The second-order valence-corrected chi connectivity index (χ2v) is 4.76. The summed E-state index contributed by atoms with van der Waals surface area (Å²) in [7, 11) is 0. The number of nitrogens with one attached hydrogen (secondary N) is 1. The zero-order valence-corrected chi connectivity index (χ0v) is 11.1. The lowest BCUT2D eigenvalue weighted by atomic mass is 10.2. The highest BCUT2D eigenvalue weighted by Crippen LogP contribution is 2.20. The Kier molecular flexibility index (Phi) is 4.93. The molecule has 1 unspecified atom stereocenters. The van der Waals surface area contributed by atoms with Gasteiger partial charge >= 0.3 is 0 Å². The second kappa shape index (κ2) is 6.68. The highest BCUT2D eigenvalue weighted by atomic mass is 35.5. The van der Waals surface area contributed by atoms with Gasteiger partial charge in [0.05, 0.1) is 11.1 Å². The number of carbonyl (C=O) groups excluding carboxylic acids is 1. The van der Waals surface area contributed by atoms with Crippen molar-refractivity contribution in [3.8, 4) is 0 Å². The zero-order valence-electron chi connectivity index (χ0n) is 10.4. The first-order valence-electron chi connectivity index (χ1n) is 6.18. The molecule has 1 heterocycles. The number of carbonyl (C=O) groups is 1. The molecule has 0 saturated carbocycles. The Labute approximate surface area is 116 Å². The molecule has 0 bridgehead atoms. The summed E-state index contributed by atoms with van der Waals surface area (Å²) < 4.78 is 18.8. The minimum absolute atomic E-state index is 0.0920. The minimum atomic E-state index is -0.448. The van der Waals surface area contributed by atoms with E-state index >= 15 is 0 Å². The maximum atomic E-state index is 13.4. The number of rotatable bonds is 4. The SMILES string of the molecule is O=C(C=Cc1c(F)cccc1Cl)NCC1CCCO1. The van der Waals surface area contributed by atoms with Gasteiger partial charge in [0, 0.05) is 24.8 Å². The molecule has 1 aliphatic heterocycles. The van der Waals surface area contributed by atoms with Gasteiger partial charge in [-0.2, -0.15) is 0 Å². The van der Waals surface area contributed by atoms with Gasteiger partial charge in [0.25, 0.3) is 0 Å².